The Morgan fingerprint density at radius 1 is 1.09 bits per heavy atom. The first-order chi connectivity index (χ1) is 15.6. The van der Waals surface area contributed by atoms with E-state index in [0.717, 1.165) is 54.9 Å². The standard InChI is InChI=1S/C24H30FN3O4/c1-4-30-21-12-16(13-22(23(21)25)31-5-2)15-28-10-8-17(9-11-28)26-24-27-19-14-18(29-3)6-7-20(19)32-24/h6-7,12-14,17H,4-5,8-11,15H2,1-3H3,(H,26,27). The van der Waals surface area contributed by atoms with Gasteiger partial charge >= 0.3 is 0 Å². The Bertz CT molecular complexity index is 1020. The number of aromatic nitrogens is 1. The average molecular weight is 444 g/mol. The Kier molecular flexibility index (Phi) is 6.99. The van der Waals surface area contributed by atoms with Crippen molar-refractivity contribution in [2.24, 2.45) is 0 Å². The first-order valence-electron chi connectivity index (χ1n) is 11.1. The molecule has 0 amide bonds. The number of piperidine rings is 1. The van der Waals surface area contributed by atoms with Gasteiger partial charge in [0.25, 0.3) is 6.01 Å². The maximum Gasteiger partial charge on any atom is 0.295 e. The van der Waals surface area contributed by atoms with Gasteiger partial charge in [-0.3, -0.25) is 4.90 Å². The number of fused-ring (bicyclic) bond motifs is 1. The van der Waals surface area contributed by atoms with Crippen molar-refractivity contribution < 1.29 is 23.0 Å². The van der Waals surface area contributed by atoms with Crippen LogP contribution in [0.4, 0.5) is 10.4 Å². The van der Waals surface area contributed by atoms with Crippen LogP contribution in [0, 0.1) is 5.82 Å². The lowest BCUT2D eigenvalue weighted by atomic mass is 10.0. The van der Waals surface area contributed by atoms with Crippen LogP contribution in [0.2, 0.25) is 0 Å². The summed E-state index contributed by atoms with van der Waals surface area (Å²) in [5.41, 5.74) is 2.49. The van der Waals surface area contributed by atoms with E-state index in [4.69, 9.17) is 18.6 Å². The molecule has 0 saturated carbocycles. The van der Waals surface area contributed by atoms with Crippen molar-refractivity contribution in [3.8, 4) is 17.2 Å². The molecule has 1 saturated heterocycles. The predicted octanol–water partition coefficient (Wildman–Crippen LogP) is 4.85. The molecule has 0 bridgehead atoms. The van der Waals surface area contributed by atoms with E-state index in [1.165, 1.54) is 0 Å². The number of hydrogen-bond acceptors (Lipinski definition) is 7. The van der Waals surface area contributed by atoms with Crippen LogP contribution in [-0.2, 0) is 6.54 Å². The van der Waals surface area contributed by atoms with Crippen molar-refractivity contribution in [3.05, 3.63) is 41.7 Å². The predicted molar refractivity (Wildman–Crippen MR) is 121 cm³/mol. The SMILES string of the molecule is CCOc1cc(CN2CCC(Nc3nc4cc(OC)ccc4o3)CC2)cc(OCC)c1F. The van der Waals surface area contributed by atoms with Gasteiger partial charge in [-0.25, -0.2) is 0 Å². The van der Waals surface area contributed by atoms with Gasteiger partial charge in [0.1, 0.15) is 11.3 Å². The topological polar surface area (TPSA) is 69.0 Å². The minimum atomic E-state index is -0.434. The maximum absolute atomic E-state index is 14.5. The third-order valence-corrected chi connectivity index (χ3v) is 5.58. The molecule has 2 heterocycles. The molecule has 3 aromatic rings. The fraction of sp³-hybridized carbons (Fsp3) is 0.458. The minimum absolute atomic E-state index is 0.248. The lowest BCUT2D eigenvalue weighted by molar-refractivity contribution is 0.209. The zero-order valence-electron chi connectivity index (χ0n) is 18.8. The monoisotopic (exact) mass is 443 g/mol. The van der Waals surface area contributed by atoms with Crippen molar-refractivity contribution >= 4 is 17.1 Å². The second-order valence-electron chi connectivity index (χ2n) is 7.82. The Labute approximate surface area is 187 Å². The molecule has 4 rings (SSSR count). The van der Waals surface area contributed by atoms with Gasteiger partial charge in [-0.15, -0.1) is 0 Å². The van der Waals surface area contributed by atoms with Crippen molar-refractivity contribution in [2.45, 2.75) is 39.3 Å². The number of anilines is 1. The van der Waals surface area contributed by atoms with Crippen LogP contribution in [0.25, 0.3) is 11.1 Å². The van der Waals surface area contributed by atoms with Crippen LogP contribution in [0.15, 0.2) is 34.7 Å². The van der Waals surface area contributed by atoms with E-state index in [1.54, 1.807) is 19.2 Å². The summed E-state index contributed by atoms with van der Waals surface area (Å²) in [4.78, 5) is 6.89. The third kappa shape index (κ3) is 5.07. The zero-order chi connectivity index (χ0) is 22.5. The quantitative estimate of drug-likeness (QED) is 0.507. The maximum atomic E-state index is 14.5. The average Bonchev–Trinajstić information content (AvgIpc) is 3.20. The lowest BCUT2D eigenvalue weighted by Gasteiger charge is -2.32. The second-order valence-corrected chi connectivity index (χ2v) is 7.82. The fourth-order valence-corrected chi connectivity index (χ4v) is 4.00. The Morgan fingerprint density at radius 2 is 1.78 bits per heavy atom. The largest absolute Gasteiger partial charge is 0.497 e. The Morgan fingerprint density at radius 3 is 2.41 bits per heavy atom. The van der Waals surface area contributed by atoms with Crippen LogP contribution in [-0.4, -0.2) is 49.3 Å². The molecule has 32 heavy (non-hydrogen) atoms. The van der Waals surface area contributed by atoms with E-state index < -0.39 is 5.82 Å². The highest BCUT2D eigenvalue weighted by atomic mass is 19.1. The molecule has 0 unspecified atom stereocenters. The van der Waals surface area contributed by atoms with E-state index >= 15 is 0 Å². The zero-order valence-corrected chi connectivity index (χ0v) is 18.8. The number of nitrogens with zero attached hydrogens (tertiary/aromatic N) is 2. The molecule has 7 nitrogen and oxygen atoms in total. The summed E-state index contributed by atoms with van der Waals surface area (Å²) in [7, 11) is 1.63. The first-order valence-corrected chi connectivity index (χ1v) is 11.1. The molecule has 0 atom stereocenters. The van der Waals surface area contributed by atoms with Gasteiger partial charge in [-0.05, 0) is 56.5 Å². The van der Waals surface area contributed by atoms with Crippen molar-refractivity contribution in [1.29, 1.82) is 0 Å². The van der Waals surface area contributed by atoms with Crippen molar-refractivity contribution in [1.82, 2.24) is 9.88 Å². The number of ether oxygens (including phenoxy) is 3. The normalized spacial score (nSPS) is 15.1. The molecule has 1 aromatic heterocycles. The fourth-order valence-electron chi connectivity index (χ4n) is 4.00. The molecule has 172 valence electrons. The number of nitrogens with one attached hydrogen (secondary N) is 1. The third-order valence-electron chi connectivity index (χ3n) is 5.58. The number of likely N-dealkylation sites (tertiary alicyclic amines) is 1. The molecule has 8 heteroatoms. The number of halogens is 1. The highest BCUT2D eigenvalue weighted by molar-refractivity contribution is 5.76. The van der Waals surface area contributed by atoms with Gasteiger partial charge in [0.05, 0.1) is 20.3 Å². The van der Waals surface area contributed by atoms with E-state index in [1.807, 2.05) is 32.0 Å². The summed E-state index contributed by atoms with van der Waals surface area (Å²) in [6.45, 7) is 7.05. The van der Waals surface area contributed by atoms with Gasteiger partial charge in [-0.2, -0.15) is 9.37 Å². The highest BCUT2D eigenvalue weighted by Gasteiger charge is 2.22. The van der Waals surface area contributed by atoms with E-state index in [9.17, 15) is 4.39 Å². The van der Waals surface area contributed by atoms with Gasteiger partial charge in [-0.1, -0.05) is 0 Å². The Hall–Kier alpha value is -3.00. The minimum Gasteiger partial charge on any atom is -0.497 e. The molecule has 0 radical (unpaired) electrons. The lowest BCUT2D eigenvalue weighted by Crippen LogP contribution is -2.38. The number of rotatable bonds is 9. The molecule has 0 aliphatic carbocycles. The summed E-state index contributed by atoms with van der Waals surface area (Å²) >= 11 is 0. The molecule has 1 aliphatic heterocycles. The molecule has 0 spiro atoms. The van der Waals surface area contributed by atoms with Crippen LogP contribution < -0.4 is 19.5 Å². The van der Waals surface area contributed by atoms with Crippen LogP contribution in [0.1, 0.15) is 32.3 Å². The molecular weight excluding hydrogens is 413 g/mol. The Balaban J connectivity index is 1.36. The van der Waals surface area contributed by atoms with E-state index in [2.05, 4.69) is 15.2 Å². The molecular formula is C24H30FN3O4. The summed E-state index contributed by atoms with van der Waals surface area (Å²) in [6.07, 6.45) is 1.92. The number of methoxy groups -OCH3 is 1. The van der Waals surface area contributed by atoms with Gasteiger partial charge in [0.15, 0.2) is 17.1 Å². The first kappa shape index (κ1) is 22.2. The summed E-state index contributed by atoms with van der Waals surface area (Å²) in [5.74, 6) is 0.818. The van der Waals surface area contributed by atoms with Gasteiger partial charge in [0.2, 0.25) is 5.82 Å². The number of hydrogen-bond donors (Lipinski definition) is 1. The number of benzene rings is 2. The second kappa shape index (κ2) is 10.1. The van der Waals surface area contributed by atoms with Crippen LogP contribution in [0.3, 0.4) is 0 Å². The van der Waals surface area contributed by atoms with Crippen LogP contribution in [0.5, 0.6) is 17.2 Å². The van der Waals surface area contributed by atoms with Gasteiger partial charge < -0.3 is 23.9 Å². The highest BCUT2D eigenvalue weighted by Crippen LogP contribution is 2.30. The molecule has 2 aromatic carbocycles. The van der Waals surface area contributed by atoms with Crippen molar-refractivity contribution in [3.63, 3.8) is 0 Å². The molecule has 1 aliphatic rings. The van der Waals surface area contributed by atoms with Crippen molar-refractivity contribution in [2.75, 3.05) is 38.7 Å². The van der Waals surface area contributed by atoms with E-state index in [-0.39, 0.29) is 17.5 Å². The molecule has 1 fully saturated rings. The smallest absolute Gasteiger partial charge is 0.295 e. The summed E-state index contributed by atoms with van der Waals surface area (Å²) < 4.78 is 36.5. The number of oxazole rings is 1. The van der Waals surface area contributed by atoms with Gasteiger partial charge in [0, 0.05) is 31.7 Å². The van der Waals surface area contributed by atoms with E-state index in [0.29, 0.717) is 19.2 Å². The molecule has 1 N–H and O–H groups in total. The van der Waals surface area contributed by atoms with Crippen LogP contribution >= 0.6 is 0 Å². The summed E-state index contributed by atoms with van der Waals surface area (Å²) in [6, 6.07) is 9.96. The summed E-state index contributed by atoms with van der Waals surface area (Å²) in [5, 5.41) is 3.42.